The van der Waals surface area contributed by atoms with Gasteiger partial charge < -0.3 is 10.6 Å². The van der Waals surface area contributed by atoms with Gasteiger partial charge in [-0.25, -0.2) is 0 Å². The third kappa shape index (κ3) is 5.95. The molecule has 1 aromatic rings. The molecule has 1 rings (SSSR count). The molecule has 0 radical (unpaired) electrons. The van der Waals surface area contributed by atoms with Crippen molar-refractivity contribution in [2.24, 2.45) is 0 Å². The summed E-state index contributed by atoms with van der Waals surface area (Å²) in [5.74, 6) is -0.696. The molecule has 0 aromatic heterocycles. The number of rotatable bonds is 7. The van der Waals surface area contributed by atoms with E-state index >= 15 is 0 Å². The SMILES string of the molecule is C=CNC(=O)/C(=C/C(=C/CC)C(F)(F)F)Nc1cccc(CC)c1. The number of alkyl halides is 3. The van der Waals surface area contributed by atoms with Crippen LogP contribution in [0.15, 0.2) is 60.5 Å². The average Bonchev–Trinajstić information content (AvgIpc) is 2.53. The van der Waals surface area contributed by atoms with Crippen LogP contribution >= 0.6 is 0 Å². The largest absolute Gasteiger partial charge is 0.416 e. The third-order valence-corrected chi connectivity index (χ3v) is 3.14. The minimum atomic E-state index is -4.54. The van der Waals surface area contributed by atoms with Crippen molar-refractivity contribution in [1.82, 2.24) is 5.32 Å². The number of halogens is 3. The van der Waals surface area contributed by atoms with Crippen molar-refractivity contribution < 1.29 is 18.0 Å². The highest BCUT2D eigenvalue weighted by Crippen LogP contribution is 2.28. The molecule has 0 heterocycles. The third-order valence-electron chi connectivity index (χ3n) is 3.14. The highest BCUT2D eigenvalue weighted by Gasteiger charge is 2.32. The van der Waals surface area contributed by atoms with Crippen molar-refractivity contribution in [3.05, 3.63) is 66.0 Å². The quantitative estimate of drug-likeness (QED) is 0.559. The lowest BCUT2D eigenvalue weighted by Crippen LogP contribution is -2.24. The van der Waals surface area contributed by atoms with Gasteiger partial charge in [0.15, 0.2) is 0 Å². The van der Waals surface area contributed by atoms with Gasteiger partial charge in [0.05, 0.1) is 5.57 Å². The van der Waals surface area contributed by atoms with Crippen LogP contribution in [0.5, 0.6) is 0 Å². The van der Waals surface area contributed by atoms with E-state index in [1.807, 2.05) is 13.0 Å². The lowest BCUT2D eigenvalue weighted by molar-refractivity contribution is -0.116. The molecule has 0 saturated heterocycles. The number of allylic oxidation sites excluding steroid dienone is 3. The summed E-state index contributed by atoms with van der Waals surface area (Å²) >= 11 is 0. The predicted octanol–water partition coefficient (Wildman–Crippen LogP) is 4.70. The fourth-order valence-electron chi connectivity index (χ4n) is 1.99. The maximum absolute atomic E-state index is 13.1. The summed E-state index contributed by atoms with van der Waals surface area (Å²) in [6.45, 7) is 6.92. The highest BCUT2D eigenvalue weighted by molar-refractivity contribution is 5.97. The molecule has 0 aliphatic carbocycles. The van der Waals surface area contributed by atoms with E-state index < -0.39 is 17.7 Å². The van der Waals surface area contributed by atoms with Crippen LogP contribution in [0.2, 0.25) is 0 Å². The number of aryl methyl sites for hydroxylation is 1. The van der Waals surface area contributed by atoms with Gasteiger partial charge in [-0.3, -0.25) is 4.79 Å². The Labute approximate surface area is 139 Å². The number of benzene rings is 1. The second-order valence-corrected chi connectivity index (χ2v) is 4.98. The van der Waals surface area contributed by atoms with Gasteiger partial charge in [0.2, 0.25) is 0 Å². The van der Waals surface area contributed by atoms with Crippen LogP contribution < -0.4 is 10.6 Å². The number of carbonyl (C=O) groups is 1. The summed E-state index contributed by atoms with van der Waals surface area (Å²) in [6, 6.07) is 7.14. The molecule has 1 amide bonds. The molecule has 0 bridgehead atoms. The summed E-state index contributed by atoms with van der Waals surface area (Å²) in [5.41, 5.74) is 0.458. The first kappa shape index (κ1) is 19.5. The standard InChI is InChI=1S/C18H21F3N2O/c1-4-8-14(18(19,20)21)12-16(17(24)22-6-3)23-15-10-7-9-13(5-2)11-15/h6-12,23H,3-5H2,1-2H3,(H,22,24)/b14-8-,16-12-. The molecular weight excluding hydrogens is 317 g/mol. The molecule has 0 unspecified atom stereocenters. The zero-order valence-corrected chi connectivity index (χ0v) is 13.7. The molecule has 0 fully saturated rings. The van der Waals surface area contributed by atoms with Crippen molar-refractivity contribution in [3.63, 3.8) is 0 Å². The van der Waals surface area contributed by atoms with E-state index in [-0.39, 0.29) is 12.1 Å². The Bertz CT molecular complexity index is 646. The molecule has 2 N–H and O–H groups in total. The summed E-state index contributed by atoms with van der Waals surface area (Å²) < 4.78 is 39.2. The van der Waals surface area contributed by atoms with Gasteiger partial charge in [-0.05, 0) is 42.8 Å². The summed E-state index contributed by atoms with van der Waals surface area (Å²) in [6.07, 6.45) is -0.601. The molecule has 6 heteroatoms. The van der Waals surface area contributed by atoms with Crippen LogP contribution in [-0.4, -0.2) is 12.1 Å². The van der Waals surface area contributed by atoms with E-state index in [2.05, 4.69) is 17.2 Å². The lowest BCUT2D eigenvalue weighted by atomic mass is 10.1. The van der Waals surface area contributed by atoms with Crippen molar-refractivity contribution in [2.45, 2.75) is 32.9 Å². The molecule has 1 aromatic carbocycles. The van der Waals surface area contributed by atoms with Crippen molar-refractivity contribution in [1.29, 1.82) is 0 Å². The molecule has 3 nitrogen and oxygen atoms in total. The Morgan fingerprint density at radius 1 is 1.29 bits per heavy atom. The van der Waals surface area contributed by atoms with Gasteiger partial charge in [-0.1, -0.05) is 38.6 Å². The Morgan fingerprint density at radius 2 is 2.00 bits per heavy atom. The number of carbonyl (C=O) groups excluding carboxylic acids is 1. The fourth-order valence-corrected chi connectivity index (χ4v) is 1.99. The molecular formula is C18H21F3N2O. The zero-order chi connectivity index (χ0) is 18.2. The topological polar surface area (TPSA) is 41.1 Å². The number of hydrogen-bond donors (Lipinski definition) is 2. The number of amides is 1. The van der Waals surface area contributed by atoms with E-state index in [0.717, 1.165) is 30.3 Å². The van der Waals surface area contributed by atoms with Crippen LogP contribution in [-0.2, 0) is 11.2 Å². The van der Waals surface area contributed by atoms with Gasteiger partial charge in [0, 0.05) is 5.69 Å². The predicted molar refractivity (Wildman–Crippen MR) is 90.3 cm³/mol. The smallest absolute Gasteiger partial charge is 0.351 e. The second-order valence-electron chi connectivity index (χ2n) is 4.98. The molecule has 0 saturated carbocycles. The van der Waals surface area contributed by atoms with E-state index in [1.165, 1.54) is 0 Å². The molecule has 0 atom stereocenters. The van der Waals surface area contributed by atoms with Crippen molar-refractivity contribution in [2.75, 3.05) is 5.32 Å². The van der Waals surface area contributed by atoms with Gasteiger partial charge in [-0.2, -0.15) is 13.2 Å². The van der Waals surface area contributed by atoms with E-state index in [1.54, 1.807) is 25.1 Å². The summed E-state index contributed by atoms with van der Waals surface area (Å²) in [5, 5.41) is 5.05. The van der Waals surface area contributed by atoms with Gasteiger partial charge >= 0.3 is 6.18 Å². The van der Waals surface area contributed by atoms with Crippen LogP contribution in [0.3, 0.4) is 0 Å². The molecule has 0 aliphatic heterocycles. The molecule has 0 spiro atoms. The fraction of sp³-hybridized carbons (Fsp3) is 0.278. The minimum Gasteiger partial charge on any atom is -0.351 e. The van der Waals surface area contributed by atoms with Gasteiger partial charge in [0.1, 0.15) is 5.70 Å². The first-order valence-electron chi connectivity index (χ1n) is 7.58. The van der Waals surface area contributed by atoms with Crippen LogP contribution in [0.4, 0.5) is 18.9 Å². The summed E-state index contributed by atoms with van der Waals surface area (Å²) in [7, 11) is 0. The monoisotopic (exact) mass is 338 g/mol. The molecule has 130 valence electrons. The molecule has 0 aliphatic rings. The highest BCUT2D eigenvalue weighted by atomic mass is 19.4. The van der Waals surface area contributed by atoms with Crippen LogP contribution in [0.1, 0.15) is 25.8 Å². The van der Waals surface area contributed by atoms with E-state index in [9.17, 15) is 18.0 Å². The van der Waals surface area contributed by atoms with Gasteiger partial charge in [0.25, 0.3) is 5.91 Å². The molecule has 24 heavy (non-hydrogen) atoms. The van der Waals surface area contributed by atoms with Gasteiger partial charge in [-0.15, -0.1) is 0 Å². The Kier molecular flexibility index (Phi) is 7.30. The Balaban J connectivity index is 3.24. The Morgan fingerprint density at radius 3 is 2.54 bits per heavy atom. The first-order valence-corrected chi connectivity index (χ1v) is 7.58. The lowest BCUT2D eigenvalue weighted by Gasteiger charge is -2.14. The summed E-state index contributed by atoms with van der Waals surface area (Å²) in [4.78, 5) is 12.1. The number of anilines is 1. The maximum Gasteiger partial charge on any atom is 0.416 e. The van der Waals surface area contributed by atoms with Crippen molar-refractivity contribution in [3.8, 4) is 0 Å². The normalized spacial score (nSPS) is 12.7. The number of hydrogen-bond acceptors (Lipinski definition) is 2. The van der Waals surface area contributed by atoms with Crippen molar-refractivity contribution >= 4 is 11.6 Å². The minimum absolute atomic E-state index is 0.201. The average molecular weight is 338 g/mol. The zero-order valence-electron chi connectivity index (χ0n) is 13.7. The van der Waals surface area contributed by atoms with Crippen LogP contribution in [0.25, 0.3) is 0 Å². The second kappa shape index (κ2) is 8.96. The maximum atomic E-state index is 13.1. The Hall–Kier alpha value is -2.50. The van der Waals surface area contributed by atoms with E-state index in [0.29, 0.717) is 5.69 Å². The first-order chi connectivity index (χ1) is 11.3. The van der Waals surface area contributed by atoms with Crippen LogP contribution in [0, 0.1) is 0 Å². The van der Waals surface area contributed by atoms with E-state index in [4.69, 9.17) is 0 Å². The number of nitrogens with one attached hydrogen (secondary N) is 2.